The number of nitrogens with zero attached hydrogens (tertiary/aromatic N) is 3. The fraction of sp³-hybridized carbons (Fsp3) is 0.455. The molecule has 0 aliphatic carbocycles. The first-order valence-electron chi connectivity index (χ1n) is 5.40. The van der Waals surface area contributed by atoms with Gasteiger partial charge < -0.3 is 10.3 Å². The number of thioether (sulfide) groups is 1. The zero-order valence-electron chi connectivity index (χ0n) is 10.2. The van der Waals surface area contributed by atoms with Crippen LogP contribution in [-0.4, -0.2) is 21.3 Å². The lowest BCUT2D eigenvalue weighted by Crippen LogP contribution is -2.10. The van der Waals surface area contributed by atoms with Crippen LogP contribution in [0.25, 0.3) is 0 Å². The number of aryl methyl sites for hydroxylation is 2. The van der Waals surface area contributed by atoms with Gasteiger partial charge in [-0.05, 0) is 30.9 Å². The van der Waals surface area contributed by atoms with Crippen molar-refractivity contribution >= 4 is 23.1 Å². The number of rotatable bonds is 4. The van der Waals surface area contributed by atoms with Gasteiger partial charge in [-0.2, -0.15) is 0 Å². The minimum Gasteiger partial charge on any atom is -0.329 e. The molecule has 0 aliphatic rings. The van der Waals surface area contributed by atoms with Crippen LogP contribution in [0.4, 0.5) is 0 Å². The van der Waals surface area contributed by atoms with E-state index in [0.29, 0.717) is 6.54 Å². The second-order valence-electron chi connectivity index (χ2n) is 3.90. The number of hydrogen-bond donors (Lipinski definition) is 1. The molecule has 92 valence electrons. The molecule has 0 radical (unpaired) electrons. The molecular weight excluding hydrogens is 252 g/mol. The monoisotopic (exact) mass is 268 g/mol. The van der Waals surface area contributed by atoms with Gasteiger partial charge in [-0.3, -0.25) is 0 Å². The van der Waals surface area contributed by atoms with E-state index in [1.54, 1.807) is 23.1 Å². The van der Waals surface area contributed by atoms with Crippen molar-refractivity contribution in [3.8, 4) is 0 Å². The van der Waals surface area contributed by atoms with Crippen LogP contribution in [0.1, 0.15) is 21.5 Å². The fourth-order valence-corrected chi connectivity index (χ4v) is 3.79. The molecule has 17 heavy (non-hydrogen) atoms. The van der Waals surface area contributed by atoms with Gasteiger partial charge in [0.2, 0.25) is 0 Å². The van der Waals surface area contributed by atoms with Crippen molar-refractivity contribution in [3.63, 3.8) is 0 Å². The highest BCUT2D eigenvalue weighted by molar-refractivity contribution is 7.99. The Balaban J connectivity index is 2.22. The van der Waals surface area contributed by atoms with Crippen LogP contribution in [0.2, 0.25) is 0 Å². The van der Waals surface area contributed by atoms with Gasteiger partial charge in [-0.1, -0.05) is 11.8 Å². The number of nitrogens with two attached hydrogens (primary N) is 1. The molecule has 2 aromatic rings. The predicted octanol–water partition coefficient (Wildman–Crippen LogP) is 2.29. The summed E-state index contributed by atoms with van der Waals surface area (Å²) in [5.41, 5.74) is 7.17. The van der Waals surface area contributed by atoms with Gasteiger partial charge >= 0.3 is 0 Å². The van der Waals surface area contributed by atoms with Gasteiger partial charge in [0.05, 0.1) is 5.25 Å². The van der Waals surface area contributed by atoms with Gasteiger partial charge in [0, 0.05) is 18.5 Å². The highest BCUT2D eigenvalue weighted by Crippen LogP contribution is 2.37. The second-order valence-corrected chi connectivity index (χ2v) is 6.02. The van der Waals surface area contributed by atoms with Gasteiger partial charge in [0.1, 0.15) is 5.82 Å². The van der Waals surface area contributed by atoms with Crippen LogP contribution in [-0.2, 0) is 7.05 Å². The summed E-state index contributed by atoms with van der Waals surface area (Å²) in [4.78, 5) is 1.33. The Labute approximate surface area is 109 Å². The lowest BCUT2D eigenvalue weighted by atomic mass is 10.2. The Morgan fingerprint density at radius 2 is 2.24 bits per heavy atom. The molecule has 0 aromatic carbocycles. The van der Waals surface area contributed by atoms with E-state index in [2.05, 4.69) is 28.6 Å². The quantitative estimate of drug-likeness (QED) is 0.864. The summed E-state index contributed by atoms with van der Waals surface area (Å²) in [6.45, 7) is 4.68. The maximum absolute atomic E-state index is 5.87. The zero-order valence-corrected chi connectivity index (χ0v) is 11.8. The SMILES string of the molecule is Cc1ccsc1C(CN)Sc1nnc(C)n1C. The standard InChI is InChI=1S/C11H16N4S2/c1-7-4-5-16-10(7)9(6-12)17-11-14-13-8(2)15(11)3/h4-5,9H,6,12H2,1-3H3. The maximum atomic E-state index is 5.87. The van der Waals surface area contributed by atoms with Crippen molar-refractivity contribution in [2.75, 3.05) is 6.54 Å². The third-order valence-corrected chi connectivity index (χ3v) is 5.27. The molecule has 0 fully saturated rings. The Morgan fingerprint density at radius 3 is 2.71 bits per heavy atom. The normalized spacial score (nSPS) is 12.9. The summed E-state index contributed by atoms with van der Waals surface area (Å²) < 4.78 is 2.00. The van der Waals surface area contributed by atoms with Crippen LogP contribution in [0.15, 0.2) is 16.6 Å². The topological polar surface area (TPSA) is 56.7 Å². The molecule has 0 amide bonds. The maximum Gasteiger partial charge on any atom is 0.191 e. The molecule has 2 rings (SSSR count). The molecule has 6 heteroatoms. The highest BCUT2D eigenvalue weighted by Gasteiger charge is 2.18. The molecule has 1 unspecified atom stereocenters. The molecule has 2 aromatic heterocycles. The number of aromatic nitrogens is 3. The molecule has 0 aliphatic heterocycles. The average Bonchev–Trinajstić information content (AvgIpc) is 2.86. The lowest BCUT2D eigenvalue weighted by molar-refractivity contribution is 0.761. The van der Waals surface area contributed by atoms with E-state index in [9.17, 15) is 0 Å². The molecule has 0 saturated heterocycles. The smallest absolute Gasteiger partial charge is 0.191 e. The Kier molecular flexibility index (Phi) is 3.86. The van der Waals surface area contributed by atoms with Crippen LogP contribution in [0.3, 0.4) is 0 Å². The van der Waals surface area contributed by atoms with Crippen LogP contribution in [0, 0.1) is 13.8 Å². The first-order chi connectivity index (χ1) is 8.13. The largest absolute Gasteiger partial charge is 0.329 e. The summed E-state index contributed by atoms with van der Waals surface area (Å²) in [7, 11) is 1.98. The van der Waals surface area contributed by atoms with Gasteiger partial charge in [-0.25, -0.2) is 0 Å². The highest BCUT2D eigenvalue weighted by atomic mass is 32.2. The van der Waals surface area contributed by atoms with Crippen LogP contribution < -0.4 is 5.73 Å². The molecule has 0 spiro atoms. The van der Waals surface area contributed by atoms with E-state index in [1.165, 1.54) is 10.4 Å². The third kappa shape index (κ3) is 2.53. The first-order valence-corrected chi connectivity index (χ1v) is 7.16. The molecule has 2 N–H and O–H groups in total. The molecule has 1 atom stereocenters. The first kappa shape index (κ1) is 12.6. The lowest BCUT2D eigenvalue weighted by Gasteiger charge is -2.13. The van der Waals surface area contributed by atoms with Crippen molar-refractivity contribution in [3.05, 3.63) is 27.7 Å². The molecule has 4 nitrogen and oxygen atoms in total. The second kappa shape index (κ2) is 5.20. The summed E-state index contributed by atoms with van der Waals surface area (Å²) in [5, 5.41) is 11.5. The van der Waals surface area contributed by atoms with E-state index in [0.717, 1.165) is 11.0 Å². The average molecular weight is 268 g/mol. The Hall–Kier alpha value is -0.850. The number of hydrogen-bond acceptors (Lipinski definition) is 5. The third-order valence-electron chi connectivity index (χ3n) is 2.71. The zero-order chi connectivity index (χ0) is 12.4. The molecule has 0 bridgehead atoms. The van der Waals surface area contributed by atoms with E-state index in [1.807, 2.05) is 18.5 Å². The minimum absolute atomic E-state index is 0.261. The van der Waals surface area contributed by atoms with Crippen molar-refractivity contribution in [2.24, 2.45) is 12.8 Å². The fourth-order valence-electron chi connectivity index (χ4n) is 1.54. The van der Waals surface area contributed by atoms with Crippen LogP contribution >= 0.6 is 23.1 Å². The summed E-state index contributed by atoms with van der Waals surface area (Å²) in [6.07, 6.45) is 0. The van der Waals surface area contributed by atoms with Crippen molar-refractivity contribution in [2.45, 2.75) is 24.3 Å². The van der Waals surface area contributed by atoms with E-state index < -0.39 is 0 Å². The minimum atomic E-state index is 0.261. The van der Waals surface area contributed by atoms with Crippen molar-refractivity contribution in [1.29, 1.82) is 0 Å². The predicted molar refractivity (Wildman–Crippen MR) is 72.4 cm³/mol. The van der Waals surface area contributed by atoms with Gasteiger partial charge in [0.15, 0.2) is 5.16 Å². The van der Waals surface area contributed by atoms with E-state index in [-0.39, 0.29) is 5.25 Å². The molecular formula is C11H16N4S2. The Morgan fingerprint density at radius 1 is 1.47 bits per heavy atom. The van der Waals surface area contributed by atoms with Crippen LogP contribution in [0.5, 0.6) is 0 Å². The Bertz CT molecular complexity index is 503. The van der Waals surface area contributed by atoms with Gasteiger partial charge in [0.25, 0.3) is 0 Å². The molecule has 2 heterocycles. The van der Waals surface area contributed by atoms with Gasteiger partial charge in [-0.15, -0.1) is 21.5 Å². The van der Waals surface area contributed by atoms with E-state index in [4.69, 9.17) is 5.73 Å². The molecule has 0 saturated carbocycles. The summed E-state index contributed by atoms with van der Waals surface area (Å²) in [5.74, 6) is 0.922. The van der Waals surface area contributed by atoms with E-state index >= 15 is 0 Å². The van der Waals surface area contributed by atoms with Crippen molar-refractivity contribution in [1.82, 2.24) is 14.8 Å². The number of thiophene rings is 1. The summed E-state index contributed by atoms with van der Waals surface area (Å²) >= 11 is 3.44. The van der Waals surface area contributed by atoms with Crippen molar-refractivity contribution < 1.29 is 0 Å². The summed E-state index contributed by atoms with van der Waals surface area (Å²) in [6, 6.07) is 2.13.